The molecule has 3 heteroatoms. The van der Waals surface area contributed by atoms with Crippen LogP contribution >= 0.6 is 0 Å². The summed E-state index contributed by atoms with van der Waals surface area (Å²) < 4.78 is 4.93. The van der Waals surface area contributed by atoms with Gasteiger partial charge in [0.2, 0.25) is 0 Å². The van der Waals surface area contributed by atoms with E-state index in [0.717, 1.165) is 5.56 Å². The summed E-state index contributed by atoms with van der Waals surface area (Å²) in [6.07, 6.45) is 1.33. The molecule has 1 aromatic carbocycles. The maximum absolute atomic E-state index is 10.6. The molecule has 0 saturated heterocycles. The van der Waals surface area contributed by atoms with Gasteiger partial charge in [-0.2, -0.15) is 0 Å². The highest BCUT2D eigenvalue weighted by molar-refractivity contribution is 5.87. The lowest BCUT2D eigenvalue weighted by Crippen LogP contribution is -1.97. The first kappa shape index (κ1) is 9.32. The summed E-state index contributed by atoms with van der Waals surface area (Å²) in [4.78, 5) is 10.6. The van der Waals surface area contributed by atoms with E-state index in [1.807, 2.05) is 0 Å². The summed E-state index contributed by atoms with van der Waals surface area (Å²) in [5, 5.41) is 8.67. The van der Waals surface area contributed by atoms with Crippen LogP contribution in [0.2, 0.25) is 0 Å². The van der Waals surface area contributed by atoms with Crippen LogP contribution in [-0.4, -0.2) is 11.1 Å². The fourth-order valence-electron chi connectivity index (χ4n) is 0.949. The van der Waals surface area contributed by atoms with E-state index >= 15 is 0 Å². The number of hydrogen-bond acceptors (Lipinski definition) is 2. The van der Waals surface area contributed by atoms with E-state index in [1.54, 1.807) is 24.3 Å². The molecule has 0 fully saturated rings. The van der Waals surface area contributed by atoms with Crippen molar-refractivity contribution in [3.63, 3.8) is 0 Å². The van der Waals surface area contributed by atoms with E-state index in [4.69, 9.17) is 9.84 Å². The first-order valence-electron chi connectivity index (χ1n) is 3.79. The van der Waals surface area contributed by atoms with Gasteiger partial charge < -0.3 is 9.84 Å². The van der Waals surface area contributed by atoms with Gasteiger partial charge in [0.25, 0.3) is 0 Å². The minimum atomic E-state index is -0.930. The monoisotopic (exact) mass is 178 g/mol. The van der Waals surface area contributed by atoms with Crippen molar-refractivity contribution in [3.8, 4) is 0 Å². The molecule has 13 heavy (non-hydrogen) atoms. The summed E-state index contributed by atoms with van der Waals surface area (Å²) in [7, 11) is 0. The Morgan fingerprint density at radius 1 is 1.62 bits per heavy atom. The highest BCUT2D eigenvalue weighted by atomic mass is 16.5. The molecule has 1 rings (SSSR count). The van der Waals surface area contributed by atoms with E-state index in [-0.39, 0.29) is 5.56 Å². The maximum atomic E-state index is 10.6. The number of carboxylic acids is 1. The van der Waals surface area contributed by atoms with Crippen LogP contribution in [0.4, 0.5) is 0 Å². The summed E-state index contributed by atoms with van der Waals surface area (Å²) in [5.41, 5.74) is 1.09. The second-order valence-electron chi connectivity index (χ2n) is 2.48. The number of benzene rings is 1. The molecule has 0 saturated carbocycles. The molecule has 0 aliphatic carbocycles. The van der Waals surface area contributed by atoms with Crippen molar-refractivity contribution in [1.82, 2.24) is 0 Å². The molecule has 3 nitrogen and oxygen atoms in total. The van der Waals surface area contributed by atoms with Crippen molar-refractivity contribution >= 4 is 5.97 Å². The van der Waals surface area contributed by atoms with Gasteiger partial charge in [0.15, 0.2) is 0 Å². The average molecular weight is 178 g/mol. The number of carboxylic acid groups (broad SMARTS) is 1. The molecule has 0 amide bonds. The van der Waals surface area contributed by atoms with Gasteiger partial charge in [0.05, 0.1) is 11.8 Å². The first-order chi connectivity index (χ1) is 6.24. The topological polar surface area (TPSA) is 46.5 Å². The molecule has 1 N–H and O–H groups in total. The predicted octanol–water partition coefficient (Wildman–Crippen LogP) is 2.04. The lowest BCUT2D eigenvalue weighted by Gasteiger charge is -2.01. The Balaban J connectivity index is 2.79. The maximum Gasteiger partial charge on any atom is 0.335 e. The zero-order chi connectivity index (χ0) is 9.68. The summed E-state index contributed by atoms with van der Waals surface area (Å²) >= 11 is 0. The zero-order valence-electron chi connectivity index (χ0n) is 7.06. The Hall–Kier alpha value is -1.77. The van der Waals surface area contributed by atoms with Crippen LogP contribution in [0.1, 0.15) is 15.9 Å². The Kier molecular flexibility index (Phi) is 3.09. The Bertz CT molecular complexity index is 318. The van der Waals surface area contributed by atoms with Crippen molar-refractivity contribution in [2.24, 2.45) is 0 Å². The average Bonchev–Trinajstić information content (AvgIpc) is 2.15. The Labute approximate surface area is 76.3 Å². The van der Waals surface area contributed by atoms with Gasteiger partial charge in [0, 0.05) is 0 Å². The molecule has 0 bridgehead atoms. The predicted molar refractivity (Wildman–Crippen MR) is 48.4 cm³/mol. The Morgan fingerprint density at radius 2 is 2.38 bits per heavy atom. The first-order valence-corrected chi connectivity index (χ1v) is 3.79. The highest BCUT2D eigenvalue weighted by Gasteiger charge is 2.02. The van der Waals surface area contributed by atoms with Gasteiger partial charge in [-0.3, -0.25) is 0 Å². The highest BCUT2D eigenvalue weighted by Crippen LogP contribution is 2.06. The quantitative estimate of drug-likeness (QED) is 0.717. The van der Waals surface area contributed by atoms with Crippen LogP contribution < -0.4 is 0 Å². The van der Waals surface area contributed by atoms with Crippen LogP contribution in [0.15, 0.2) is 37.1 Å². The molecular weight excluding hydrogens is 168 g/mol. The third-order valence-electron chi connectivity index (χ3n) is 1.54. The lowest BCUT2D eigenvalue weighted by molar-refractivity contribution is 0.0696. The van der Waals surface area contributed by atoms with E-state index in [1.165, 1.54) is 6.26 Å². The summed E-state index contributed by atoms with van der Waals surface area (Å²) in [6, 6.07) is 6.60. The van der Waals surface area contributed by atoms with Crippen LogP contribution in [0.3, 0.4) is 0 Å². The third-order valence-corrected chi connectivity index (χ3v) is 1.54. The number of hydrogen-bond donors (Lipinski definition) is 1. The van der Waals surface area contributed by atoms with Crippen LogP contribution in [-0.2, 0) is 11.3 Å². The molecule has 0 aliphatic heterocycles. The van der Waals surface area contributed by atoms with Gasteiger partial charge in [-0.05, 0) is 17.7 Å². The molecular formula is C10H10O3. The molecule has 0 aromatic heterocycles. The molecule has 0 unspecified atom stereocenters. The molecule has 0 aliphatic rings. The standard InChI is InChI=1S/C10H10O3/c1-2-13-7-8-4-3-5-9(6-8)10(11)12/h2-6H,1,7H2,(H,11,12). The van der Waals surface area contributed by atoms with Gasteiger partial charge in [-0.1, -0.05) is 18.7 Å². The zero-order valence-corrected chi connectivity index (χ0v) is 7.06. The second kappa shape index (κ2) is 4.30. The smallest absolute Gasteiger partial charge is 0.335 e. The number of aromatic carboxylic acids is 1. The minimum Gasteiger partial charge on any atom is -0.497 e. The normalized spacial score (nSPS) is 9.23. The molecule has 0 heterocycles. The minimum absolute atomic E-state index is 0.269. The Morgan fingerprint density at radius 3 is 3.00 bits per heavy atom. The number of carbonyl (C=O) groups is 1. The van der Waals surface area contributed by atoms with Crippen molar-refractivity contribution in [1.29, 1.82) is 0 Å². The molecule has 1 aromatic rings. The van der Waals surface area contributed by atoms with E-state index in [2.05, 4.69) is 6.58 Å². The molecule has 0 atom stereocenters. The van der Waals surface area contributed by atoms with E-state index in [9.17, 15) is 4.79 Å². The summed E-state index contributed by atoms with van der Waals surface area (Å²) in [6.45, 7) is 3.75. The summed E-state index contributed by atoms with van der Waals surface area (Å²) in [5.74, 6) is -0.930. The van der Waals surface area contributed by atoms with Gasteiger partial charge in [-0.25, -0.2) is 4.79 Å². The SMILES string of the molecule is C=COCc1cccc(C(=O)O)c1. The van der Waals surface area contributed by atoms with Crippen LogP contribution in [0, 0.1) is 0 Å². The number of ether oxygens (including phenoxy) is 1. The fraction of sp³-hybridized carbons (Fsp3) is 0.100. The van der Waals surface area contributed by atoms with Crippen molar-refractivity contribution in [2.75, 3.05) is 0 Å². The van der Waals surface area contributed by atoms with Crippen molar-refractivity contribution < 1.29 is 14.6 Å². The number of rotatable bonds is 4. The van der Waals surface area contributed by atoms with Gasteiger partial charge in [-0.15, -0.1) is 0 Å². The largest absolute Gasteiger partial charge is 0.497 e. The molecule has 68 valence electrons. The van der Waals surface area contributed by atoms with Crippen LogP contribution in [0.25, 0.3) is 0 Å². The molecule has 0 spiro atoms. The van der Waals surface area contributed by atoms with Crippen molar-refractivity contribution in [3.05, 3.63) is 48.2 Å². The van der Waals surface area contributed by atoms with Gasteiger partial charge in [0.1, 0.15) is 6.61 Å². The lowest BCUT2D eigenvalue weighted by atomic mass is 10.1. The molecule has 0 radical (unpaired) electrons. The fourth-order valence-corrected chi connectivity index (χ4v) is 0.949. The van der Waals surface area contributed by atoms with Crippen LogP contribution in [0.5, 0.6) is 0 Å². The third kappa shape index (κ3) is 2.63. The van der Waals surface area contributed by atoms with Gasteiger partial charge >= 0.3 is 5.97 Å². The van der Waals surface area contributed by atoms with E-state index < -0.39 is 5.97 Å². The van der Waals surface area contributed by atoms with Crippen molar-refractivity contribution in [2.45, 2.75) is 6.61 Å². The van der Waals surface area contributed by atoms with E-state index in [0.29, 0.717) is 6.61 Å². The second-order valence-corrected chi connectivity index (χ2v) is 2.48.